The predicted octanol–water partition coefficient (Wildman–Crippen LogP) is 1.98. The van der Waals surface area contributed by atoms with Crippen LogP contribution in [0.2, 0.25) is 0 Å². The number of nitrogens with one attached hydrogen (secondary N) is 1. The molecule has 0 unspecified atom stereocenters. The minimum Gasteiger partial charge on any atom is -0.384 e. The standard InChI is InChI=1S/C17H22N2O2/c1-13-4-6-15(7-5-13)12-19-17(21)16-9-8-14(11-18-16)3-2-10-20/h8-9,11,13,15,20H,4-7,10,12H2,1H3,(H,19,21). The van der Waals surface area contributed by atoms with E-state index in [-0.39, 0.29) is 12.5 Å². The molecule has 1 saturated carbocycles. The first-order valence-corrected chi connectivity index (χ1v) is 7.53. The van der Waals surface area contributed by atoms with Crippen LogP contribution in [-0.2, 0) is 0 Å². The Balaban J connectivity index is 1.83. The zero-order valence-corrected chi connectivity index (χ0v) is 12.4. The third-order valence-electron chi connectivity index (χ3n) is 3.99. The summed E-state index contributed by atoms with van der Waals surface area (Å²) >= 11 is 0. The van der Waals surface area contributed by atoms with E-state index >= 15 is 0 Å². The summed E-state index contributed by atoms with van der Waals surface area (Å²) in [5.41, 5.74) is 1.11. The van der Waals surface area contributed by atoms with Crippen molar-refractivity contribution in [3.8, 4) is 11.8 Å². The zero-order chi connectivity index (χ0) is 15.1. The smallest absolute Gasteiger partial charge is 0.269 e. The molecule has 0 bridgehead atoms. The van der Waals surface area contributed by atoms with Crippen molar-refractivity contribution in [2.75, 3.05) is 13.2 Å². The number of carbonyl (C=O) groups is 1. The first-order chi connectivity index (χ1) is 10.2. The van der Waals surface area contributed by atoms with Gasteiger partial charge in [0, 0.05) is 18.3 Å². The molecule has 1 heterocycles. The molecule has 0 aromatic carbocycles. The van der Waals surface area contributed by atoms with Gasteiger partial charge in [-0.2, -0.15) is 0 Å². The quantitative estimate of drug-likeness (QED) is 0.835. The Morgan fingerprint density at radius 2 is 2.14 bits per heavy atom. The number of hydrogen-bond acceptors (Lipinski definition) is 3. The van der Waals surface area contributed by atoms with Gasteiger partial charge in [0.05, 0.1) is 0 Å². The Morgan fingerprint density at radius 3 is 2.76 bits per heavy atom. The number of carbonyl (C=O) groups excluding carboxylic acids is 1. The monoisotopic (exact) mass is 286 g/mol. The van der Waals surface area contributed by atoms with Crippen LogP contribution in [0.4, 0.5) is 0 Å². The maximum atomic E-state index is 12.0. The van der Waals surface area contributed by atoms with Crippen molar-refractivity contribution < 1.29 is 9.90 Å². The van der Waals surface area contributed by atoms with Crippen LogP contribution in [-0.4, -0.2) is 29.1 Å². The summed E-state index contributed by atoms with van der Waals surface area (Å²) in [5.74, 6) is 6.60. The minimum absolute atomic E-state index is 0.129. The van der Waals surface area contributed by atoms with E-state index in [1.54, 1.807) is 18.3 Å². The van der Waals surface area contributed by atoms with Gasteiger partial charge in [0.2, 0.25) is 0 Å². The summed E-state index contributed by atoms with van der Waals surface area (Å²) in [6.45, 7) is 2.85. The summed E-state index contributed by atoms with van der Waals surface area (Å²) < 4.78 is 0. The number of rotatable bonds is 3. The molecule has 0 radical (unpaired) electrons. The van der Waals surface area contributed by atoms with E-state index in [1.807, 2.05) is 0 Å². The number of aliphatic hydroxyl groups excluding tert-OH is 1. The van der Waals surface area contributed by atoms with E-state index in [9.17, 15) is 4.79 Å². The molecule has 1 aromatic heterocycles. The van der Waals surface area contributed by atoms with Gasteiger partial charge in [0.25, 0.3) is 5.91 Å². The average Bonchev–Trinajstić information content (AvgIpc) is 2.52. The highest BCUT2D eigenvalue weighted by Crippen LogP contribution is 2.27. The highest BCUT2D eigenvalue weighted by atomic mass is 16.2. The van der Waals surface area contributed by atoms with Gasteiger partial charge in [-0.15, -0.1) is 0 Å². The number of nitrogens with zero attached hydrogens (tertiary/aromatic N) is 1. The number of pyridine rings is 1. The molecule has 1 aliphatic rings. The molecule has 1 aliphatic carbocycles. The molecule has 0 aliphatic heterocycles. The Labute approximate surface area is 126 Å². The van der Waals surface area contributed by atoms with Gasteiger partial charge in [0.1, 0.15) is 12.3 Å². The van der Waals surface area contributed by atoms with Crippen molar-refractivity contribution in [2.24, 2.45) is 11.8 Å². The Morgan fingerprint density at radius 1 is 1.38 bits per heavy atom. The molecule has 112 valence electrons. The lowest BCUT2D eigenvalue weighted by Gasteiger charge is -2.26. The summed E-state index contributed by atoms with van der Waals surface area (Å²) in [6.07, 6.45) is 6.48. The fraction of sp³-hybridized carbons (Fsp3) is 0.529. The molecule has 21 heavy (non-hydrogen) atoms. The van der Waals surface area contributed by atoms with E-state index in [4.69, 9.17) is 5.11 Å². The lowest BCUT2D eigenvalue weighted by atomic mass is 9.83. The topological polar surface area (TPSA) is 62.2 Å². The second-order valence-corrected chi connectivity index (χ2v) is 5.73. The second-order valence-electron chi connectivity index (χ2n) is 5.73. The first kappa shape index (κ1) is 15.5. The van der Waals surface area contributed by atoms with Crippen LogP contribution in [0.15, 0.2) is 18.3 Å². The van der Waals surface area contributed by atoms with Crippen molar-refractivity contribution in [3.63, 3.8) is 0 Å². The van der Waals surface area contributed by atoms with Gasteiger partial charge in [-0.05, 0) is 36.8 Å². The average molecular weight is 286 g/mol. The van der Waals surface area contributed by atoms with Gasteiger partial charge < -0.3 is 10.4 Å². The molecule has 0 atom stereocenters. The van der Waals surface area contributed by atoms with Crippen LogP contribution in [0, 0.1) is 23.7 Å². The van der Waals surface area contributed by atoms with Crippen LogP contribution in [0.3, 0.4) is 0 Å². The second kappa shape index (κ2) is 7.80. The summed E-state index contributed by atoms with van der Waals surface area (Å²) in [4.78, 5) is 16.1. The van der Waals surface area contributed by atoms with E-state index < -0.39 is 0 Å². The number of hydrogen-bond donors (Lipinski definition) is 2. The van der Waals surface area contributed by atoms with Crippen LogP contribution >= 0.6 is 0 Å². The number of amides is 1. The summed E-state index contributed by atoms with van der Waals surface area (Å²) in [7, 11) is 0. The first-order valence-electron chi connectivity index (χ1n) is 7.53. The predicted molar refractivity (Wildman–Crippen MR) is 81.7 cm³/mol. The van der Waals surface area contributed by atoms with Crippen LogP contribution in [0.5, 0.6) is 0 Å². The molecule has 4 nitrogen and oxygen atoms in total. The van der Waals surface area contributed by atoms with Crippen molar-refractivity contribution >= 4 is 5.91 Å². The molecule has 1 aromatic rings. The molecule has 2 rings (SSSR count). The molecular weight excluding hydrogens is 264 g/mol. The lowest BCUT2D eigenvalue weighted by Crippen LogP contribution is -2.31. The fourth-order valence-corrected chi connectivity index (χ4v) is 2.60. The molecule has 0 saturated heterocycles. The van der Waals surface area contributed by atoms with Crippen molar-refractivity contribution in [3.05, 3.63) is 29.6 Å². The maximum Gasteiger partial charge on any atom is 0.269 e. The minimum atomic E-state index is -0.178. The van der Waals surface area contributed by atoms with Gasteiger partial charge in [-0.25, -0.2) is 4.98 Å². The zero-order valence-electron chi connectivity index (χ0n) is 12.4. The summed E-state index contributed by atoms with van der Waals surface area (Å²) in [5, 5.41) is 11.6. The van der Waals surface area contributed by atoms with Crippen LogP contribution in [0.25, 0.3) is 0 Å². The molecule has 0 spiro atoms. The van der Waals surface area contributed by atoms with E-state index in [0.717, 1.165) is 12.5 Å². The highest BCUT2D eigenvalue weighted by Gasteiger charge is 2.19. The Hall–Kier alpha value is -1.86. The van der Waals surface area contributed by atoms with E-state index in [1.165, 1.54) is 25.7 Å². The fourth-order valence-electron chi connectivity index (χ4n) is 2.60. The van der Waals surface area contributed by atoms with Crippen LogP contribution < -0.4 is 5.32 Å². The van der Waals surface area contributed by atoms with Gasteiger partial charge in [-0.1, -0.05) is 31.6 Å². The summed E-state index contributed by atoms with van der Waals surface area (Å²) in [6, 6.07) is 3.41. The van der Waals surface area contributed by atoms with E-state index in [2.05, 4.69) is 29.1 Å². The molecular formula is C17H22N2O2. The largest absolute Gasteiger partial charge is 0.384 e. The SMILES string of the molecule is CC1CCC(CNC(=O)c2ccc(C#CCO)cn2)CC1. The third-order valence-corrected chi connectivity index (χ3v) is 3.99. The molecule has 4 heteroatoms. The third kappa shape index (κ3) is 4.87. The van der Waals surface area contributed by atoms with Gasteiger partial charge >= 0.3 is 0 Å². The number of aliphatic hydroxyl groups is 1. The number of aromatic nitrogens is 1. The van der Waals surface area contributed by atoms with Crippen molar-refractivity contribution in [2.45, 2.75) is 32.6 Å². The maximum absolute atomic E-state index is 12.0. The van der Waals surface area contributed by atoms with Gasteiger partial charge in [-0.3, -0.25) is 4.79 Å². The van der Waals surface area contributed by atoms with Crippen LogP contribution in [0.1, 0.15) is 48.7 Å². The van der Waals surface area contributed by atoms with Crippen molar-refractivity contribution in [1.82, 2.24) is 10.3 Å². The molecule has 1 fully saturated rings. The Bertz CT molecular complexity index is 520. The van der Waals surface area contributed by atoms with Gasteiger partial charge in [0.15, 0.2) is 0 Å². The Kier molecular flexibility index (Phi) is 5.77. The molecule has 2 N–H and O–H groups in total. The molecule has 1 amide bonds. The van der Waals surface area contributed by atoms with E-state index in [0.29, 0.717) is 17.2 Å². The normalized spacial score (nSPS) is 21.2. The highest BCUT2D eigenvalue weighted by molar-refractivity contribution is 5.92. The lowest BCUT2D eigenvalue weighted by molar-refractivity contribution is 0.0937. The van der Waals surface area contributed by atoms with Crippen molar-refractivity contribution in [1.29, 1.82) is 0 Å².